The molecule has 5 heteroatoms. The number of nitrogens with zero attached hydrogens (tertiary/aromatic N) is 1. The number of terminal acetylenes is 1. The second kappa shape index (κ2) is 5.77. The molecule has 0 radical (unpaired) electrons. The van der Waals surface area contributed by atoms with Crippen LogP contribution in [-0.4, -0.2) is 24.9 Å². The minimum atomic E-state index is -0.275. The Hall–Kier alpha value is -1.99. The van der Waals surface area contributed by atoms with Crippen molar-refractivity contribution in [1.29, 1.82) is 0 Å². The number of hydrogen-bond donors (Lipinski definition) is 1. The topological polar surface area (TPSA) is 49.4 Å². The van der Waals surface area contributed by atoms with Crippen molar-refractivity contribution in [1.82, 2.24) is 5.32 Å². The van der Waals surface area contributed by atoms with Gasteiger partial charge in [-0.15, -0.1) is 6.42 Å². The molecule has 1 aliphatic heterocycles. The number of carbonyl (C=O) groups is 2. The molecule has 1 saturated heterocycles. The molecule has 0 unspecified atom stereocenters. The Balaban J connectivity index is 2.27. The van der Waals surface area contributed by atoms with Crippen LogP contribution in [0.3, 0.4) is 0 Å². The average Bonchev–Trinajstić information content (AvgIpc) is 2.82. The predicted octanol–water partition coefficient (Wildman–Crippen LogP) is 1.83. The van der Waals surface area contributed by atoms with E-state index >= 15 is 0 Å². The number of amides is 2. The molecule has 2 amide bonds. The van der Waals surface area contributed by atoms with Crippen LogP contribution in [0, 0.1) is 12.3 Å². The van der Waals surface area contributed by atoms with E-state index in [4.69, 9.17) is 18.0 Å². The van der Waals surface area contributed by atoms with Crippen molar-refractivity contribution in [3.8, 4) is 12.3 Å². The largest absolute Gasteiger partial charge is 0.341 e. The first kappa shape index (κ1) is 13.4. The predicted molar refractivity (Wildman–Crippen MR) is 74.2 cm³/mol. The fourth-order valence-electron chi connectivity index (χ4n) is 2.00. The zero-order valence-electron chi connectivity index (χ0n) is 10.3. The Morgan fingerprint density at radius 1 is 1.53 bits per heavy atom. The van der Waals surface area contributed by atoms with Gasteiger partial charge in [0, 0.05) is 18.5 Å². The Labute approximate surface area is 116 Å². The van der Waals surface area contributed by atoms with Crippen LogP contribution in [-0.2, 0) is 4.79 Å². The molecule has 0 bridgehead atoms. The maximum Gasteiger partial charge on any atom is 0.252 e. The van der Waals surface area contributed by atoms with E-state index in [0.29, 0.717) is 29.2 Å². The number of anilines is 1. The van der Waals surface area contributed by atoms with E-state index in [1.54, 1.807) is 23.1 Å². The number of carbonyl (C=O) groups excluding carboxylic acids is 2. The van der Waals surface area contributed by atoms with Gasteiger partial charge in [-0.1, -0.05) is 17.5 Å². The lowest BCUT2D eigenvalue weighted by Crippen LogP contribution is -2.26. The first-order chi connectivity index (χ1) is 9.13. The highest BCUT2D eigenvalue weighted by atomic mass is 35.5. The molecule has 0 aliphatic carbocycles. The van der Waals surface area contributed by atoms with Gasteiger partial charge >= 0.3 is 0 Å². The first-order valence-corrected chi connectivity index (χ1v) is 6.33. The van der Waals surface area contributed by atoms with E-state index in [1.165, 1.54) is 0 Å². The monoisotopic (exact) mass is 276 g/mol. The van der Waals surface area contributed by atoms with Gasteiger partial charge in [0.15, 0.2) is 0 Å². The van der Waals surface area contributed by atoms with Gasteiger partial charge < -0.3 is 10.2 Å². The maximum absolute atomic E-state index is 11.8. The fraction of sp³-hybridized carbons (Fsp3) is 0.286. The molecule has 1 fully saturated rings. The first-order valence-electron chi connectivity index (χ1n) is 5.95. The van der Waals surface area contributed by atoms with Crippen molar-refractivity contribution in [3.63, 3.8) is 0 Å². The van der Waals surface area contributed by atoms with Gasteiger partial charge in [0.05, 0.1) is 17.3 Å². The molecule has 0 spiro atoms. The summed E-state index contributed by atoms with van der Waals surface area (Å²) in [5.74, 6) is 2.09. The van der Waals surface area contributed by atoms with Gasteiger partial charge in [-0.3, -0.25) is 9.59 Å². The van der Waals surface area contributed by atoms with Gasteiger partial charge in [0.25, 0.3) is 5.91 Å². The molecule has 1 aromatic carbocycles. The Morgan fingerprint density at radius 3 is 2.95 bits per heavy atom. The summed E-state index contributed by atoms with van der Waals surface area (Å²) in [5.41, 5.74) is 1.02. The van der Waals surface area contributed by atoms with Crippen LogP contribution in [0.15, 0.2) is 18.2 Å². The van der Waals surface area contributed by atoms with Crippen molar-refractivity contribution in [2.24, 2.45) is 0 Å². The molecule has 0 atom stereocenters. The lowest BCUT2D eigenvalue weighted by Gasteiger charge is -2.18. The second-order valence-corrected chi connectivity index (χ2v) is 4.61. The van der Waals surface area contributed by atoms with E-state index in [0.717, 1.165) is 6.42 Å². The average molecular weight is 277 g/mol. The molecular weight excluding hydrogens is 264 g/mol. The zero-order valence-corrected chi connectivity index (χ0v) is 11.0. The molecule has 1 aliphatic rings. The molecule has 2 rings (SSSR count). The van der Waals surface area contributed by atoms with Crippen LogP contribution in [0.25, 0.3) is 0 Å². The summed E-state index contributed by atoms with van der Waals surface area (Å²) in [7, 11) is 0. The SMILES string of the molecule is C#CCNC(=O)c1ccc(Cl)c(N2CCCC2=O)c1. The summed E-state index contributed by atoms with van der Waals surface area (Å²) in [6, 6.07) is 4.85. The fourth-order valence-corrected chi connectivity index (χ4v) is 2.22. The number of nitrogens with one attached hydrogen (secondary N) is 1. The quantitative estimate of drug-likeness (QED) is 0.857. The van der Waals surface area contributed by atoms with E-state index in [-0.39, 0.29) is 18.4 Å². The lowest BCUT2D eigenvalue weighted by molar-refractivity contribution is -0.117. The highest BCUT2D eigenvalue weighted by Crippen LogP contribution is 2.30. The van der Waals surface area contributed by atoms with E-state index in [9.17, 15) is 9.59 Å². The maximum atomic E-state index is 11.8. The minimum Gasteiger partial charge on any atom is -0.341 e. The molecule has 1 heterocycles. The minimum absolute atomic E-state index is 0.0306. The summed E-state index contributed by atoms with van der Waals surface area (Å²) < 4.78 is 0. The second-order valence-electron chi connectivity index (χ2n) is 4.20. The molecule has 0 aromatic heterocycles. The van der Waals surface area contributed by atoms with Crippen molar-refractivity contribution in [3.05, 3.63) is 28.8 Å². The Kier molecular flexibility index (Phi) is 4.08. The normalized spacial score (nSPS) is 14.3. The number of hydrogen-bond acceptors (Lipinski definition) is 2. The van der Waals surface area contributed by atoms with Crippen molar-refractivity contribution >= 4 is 29.1 Å². The summed E-state index contributed by atoms with van der Waals surface area (Å²) >= 11 is 6.09. The highest BCUT2D eigenvalue weighted by Gasteiger charge is 2.24. The third-order valence-corrected chi connectivity index (χ3v) is 3.24. The number of rotatable bonds is 3. The molecule has 1 N–H and O–H groups in total. The zero-order chi connectivity index (χ0) is 13.8. The molecule has 0 saturated carbocycles. The van der Waals surface area contributed by atoms with Crippen LogP contribution in [0.2, 0.25) is 5.02 Å². The third kappa shape index (κ3) is 2.88. The van der Waals surface area contributed by atoms with Gasteiger partial charge in [-0.25, -0.2) is 0 Å². The van der Waals surface area contributed by atoms with Gasteiger partial charge in [0.2, 0.25) is 5.91 Å². The Bertz CT molecular complexity index is 563. The molecule has 4 nitrogen and oxygen atoms in total. The Morgan fingerprint density at radius 2 is 2.32 bits per heavy atom. The van der Waals surface area contributed by atoms with Crippen molar-refractivity contribution < 1.29 is 9.59 Å². The lowest BCUT2D eigenvalue weighted by atomic mass is 10.1. The van der Waals surface area contributed by atoms with Crippen molar-refractivity contribution in [2.45, 2.75) is 12.8 Å². The molecule has 98 valence electrons. The summed E-state index contributed by atoms with van der Waals surface area (Å²) in [5, 5.41) is 3.04. The van der Waals surface area contributed by atoms with E-state index in [1.807, 2.05) is 0 Å². The molecule has 1 aromatic rings. The van der Waals surface area contributed by atoms with Crippen LogP contribution in [0.1, 0.15) is 23.2 Å². The summed E-state index contributed by atoms with van der Waals surface area (Å²) in [4.78, 5) is 25.1. The van der Waals surface area contributed by atoms with Crippen LogP contribution < -0.4 is 10.2 Å². The highest BCUT2D eigenvalue weighted by molar-refractivity contribution is 6.34. The summed E-state index contributed by atoms with van der Waals surface area (Å²) in [6.45, 7) is 0.799. The van der Waals surface area contributed by atoms with Crippen LogP contribution >= 0.6 is 11.6 Å². The third-order valence-electron chi connectivity index (χ3n) is 2.92. The van der Waals surface area contributed by atoms with E-state index < -0.39 is 0 Å². The van der Waals surface area contributed by atoms with Gasteiger partial charge in [0.1, 0.15) is 0 Å². The van der Waals surface area contributed by atoms with Crippen LogP contribution in [0.5, 0.6) is 0 Å². The van der Waals surface area contributed by atoms with E-state index in [2.05, 4.69) is 11.2 Å². The number of halogens is 1. The molecule has 19 heavy (non-hydrogen) atoms. The number of benzene rings is 1. The van der Waals surface area contributed by atoms with Crippen LogP contribution in [0.4, 0.5) is 5.69 Å². The van der Waals surface area contributed by atoms with Gasteiger partial charge in [-0.2, -0.15) is 0 Å². The van der Waals surface area contributed by atoms with Crippen molar-refractivity contribution in [2.75, 3.05) is 18.0 Å². The standard InChI is InChI=1S/C14H13ClN2O2/c1-2-7-16-14(19)10-5-6-11(15)12(9-10)17-8-3-4-13(17)18/h1,5-6,9H,3-4,7-8H2,(H,16,19). The molecular formula is C14H13ClN2O2. The summed E-state index contributed by atoms with van der Waals surface area (Å²) in [6.07, 6.45) is 6.41. The smallest absolute Gasteiger partial charge is 0.252 e. The van der Waals surface area contributed by atoms with Gasteiger partial charge in [-0.05, 0) is 24.6 Å².